The summed E-state index contributed by atoms with van der Waals surface area (Å²) in [5.41, 5.74) is 2.08. The van der Waals surface area contributed by atoms with E-state index in [0.717, 1.165) is 12.1 Å². The maximum atomic E-state index is 12.2. The molecule has 0 bridgehead atoms. The Kier molecular flexibility index (Phi) is 5.59. The third-order valence-electron chi connectivity index (χ3n) is 3.78. The maximum Gasteiger partial charge on any atom is 0.265 e. The van der Waals surface area contributed by atoms with Gasteiger partial charge in [-0.05, 0) is 49.1 Å². The van der Waals surface area contributed by atoms with Gasteiger partial charge in [-0.3, -0.25) is 4.79 Å². The van der Waals surface area contributed by atoms with Crippen molar-refractivity contribution in [2.75, 3.05) is 5.32 Å². The zero-order valence-electron chi connectivity index (χ0n) is 13.4. The predicted octanol–water partition coefficient (Wildman–Crippen LogP) is 4.61. The van der Waals surface area contributed by atoms with Crippen LogP contribution < -0.4 is 10.1 Å². The lowest BCUT2D eigenvalue weighted by Gasteiger charge is -2.15. The number of benzene rings is 2. The zero-order valence-corrected chi connectivity index (χ0v) is 13.4. The molecule has 0 unspecified atom stereocenters. The summed E-state index contributed by atoms with van der Waals surface area (Å²) >= 11 is 0. The lowest BCUT2D eigenvalue weighted by molar-refractivity contribution is -0.122. The van der Waals surface area contributed by atoms with Crippen LogP contribution in [0.15, 0.2) is 54.6 Å². The summed E-state index contributed by atoms with van der Waals surface area (Å²) in [5, 5.41) is 2.88. The minimum Gasteiger partial charge on any atom is -0.481 e. The van der Waals surface area contributed by atoms with Gasteiger partial charge in [-0.1, -0.05) is 44.2 Å². The standard InChI is InChI=1S/C19H23NO2/c1-4-14(2)16-10-12-17(13-11-16)20-19(21)15(3)22-18-8-6-5-7-9-18/h5-15H,4H2,1-3H3,(H,20,21)/t14-,15-/m0/s1. The van der Waals surface area contributed by atoms with E-state index in [9.17, 15) is 4.79 Å². The van der Waals surface area contributed by atoms with Crippen molar-refractivity contribution < 1.29 is 9.53 Å². The van der Waals surface area contributed by atoms with Crippen LogP contribution in [0.4, 0.5) is 5.69 Å². The van der Waals surface area contributed by atoms with Crippen molar-refractivity contribution in [3.05, 3.63) is 60.2 Å². The average Bonchev–Trinajstić information content (AvgIpc) is 2.55. The lowest BCUT2D eigenvalue weighted by Crippen LogP contribution is -2.30. The van der Waals surface area contributed by atoms with Crippen LogP contribution in [0, 0.1) is 0 Å². The molecule has 0 saturated heterocycles. The van der Waals surface area contributed by atoms with Crippen molar-refractivity contribution in [3.8, 4) is 5.75 Å². The van der Waals surface area contributed by atoms with Crippen molar-refractivity contribution in [3.63, 3.8) is 0 Å². The molecule has 3 heteroatoms. The smallest absolute Gasteiger partial charge is 0.265 e. The maximum absolute atomic E-state index is 12.2. The fourth-order valence-corrected chi connectivity index (χ4v) is 2.13. The van der Waals surface area contributed by atoms with Gasteiger partial charge in [0.15, 0.2) is 6.10 Å². The van der Waals surface area contributed by atoms with Crippen LogP contribution in [0.2, 0.25) is 0 Å². The number of nitrogens with one attached hydrogen (secondary N) is 1. The Labute approximate surface area is 132 Å². The van der Waals surface area contributed by atoms with Crippen molar-refractivity contribution in [1.29, 1.82) is 0 Å². The first-order valence-corrected chi connectivity index (χ1v) is 7.72. The lowest BCUT2D eigenvalue weighted by atomic mass is 9.99. The second-order valence-corrected chi connectivity index (χ2v) is 5.49. The summed E-state index contributed by atoms with van der Waals surface area (Å²) in [4.78, 5) is 12.2. The molecule has 0 saturated carbocycles. The van der Waals surface area contributed by atoms with Crippen molar-refractivity contribution in [1.82, 2.24) is 0 Å². The SMILES string of the molecule is CC[C@H](C)c1ccc(NC(=O)[C@H](C)Oc2ccccc2)cc1. The van der Waals surface area contributed by atoms with E-state index in [1.54, 1.807) is 6.92 Å². The summed E-state index contributed by atoms with van der Waals surface area (Å²) in [5.74, 6) is 1.07. The first-order chi connectivity index (χ1) is 10.6. The van der Waals surface area contributed by atoms with Gasteiger partial charge in [0.2, 0.25) is 0 Å². The Bertz CT molecular complexity index is 593. The van der Waals surface area contributed by atoms with Crippen molar-refractivity contribution in [2.24, 2.45) is 0 Å². The Morgan fingerprint density at radius 3 is 2.27 bits per heavy atom. The second kappa shape index (κ2) is 7.64. The fraction of sp³-hybridized carbons (Fsp3) is 0.316. The van der Waals surface area contributed by atoms with E-state index in [-0.39, 0.29) is 5.91 Å². The summed E-state index contributed by atoms with van der Waals surface area (Å²) < 4.78 is 5.62. The summed E-state index contributed by atoms with van der Waals surface area (Å²) in [6.07, 6.45) is 0.560. The highest BCUT2D eigenvalue weighted by molar-refractivity contribution is 5.94. The van der Waals surface area contributed by atoms with Gasteiger partial charge in [-0.15, -0.1) is 0 Å². The van der Waals surface area contributed by atoms with Gasteiger partial charge >= 0.3 is 0 Å². The van der Waals surface area contributed by atoms with Gasteiger partial charge < -0.3 is 10.1 Å². The molecule has 3 nitrogen and oxygen atoms in total. The fourth-order valence-electron chi connectivity index (χ4n) is 2.13. The van der Waals surface area contributed by atoms with E-state index in [1.165, 1.54) is 5.56 Å². The molecule has 0 aliphatic carbocycles. The number of hydrogen-bond donors (Lipinski definition) is 1. The van der Waals surface area contributed by atoms with Gasteiger partial charge in [0.25, 0.3) is 5.91 Å². The van der Waals surface area contributed by atoms with Crippen LogP contribution in [0.3, 0.4) is 0 Å². The molecule has 0 spiro atoms. The Morgan fingerprint density at radius 2 is 1.68 bits per heavy atom. The van der Waals surface area contributed by atoms with Crippen LogP contribution in [0.25, 0.3) is 0 Å². The molecule has 1 N–H and O–H groups in total. The molecular weight excluding hydrogens is 274 g/mol. The first kappa shape index (κ1) is 16.1. The number of amides is 1. The Balaban J connectivity index is 1.93. The molecule has 0 aliphatic heterocycles. The summed E-state index contributed by atoms with van der Waals surface area (Å²) in [6.45, 7) is 6.11. The first-order valence-electron chi connectivity index (χ1n) is 7.72. The molecule has 0 fully saturated rings. The molecular formula is C19H23NO2. The molecule has 0 radical (unpaired) electrons. The van der Waals surface area contributed by atoms with Crippen molar-refractivity contribution >= 4 is 11.6 Å². The van der Waals surface area contributed by atoms with Crippen molar-refractivity contribution in [2.45, 2.75) is 39.2 Å². The highest BCUT2D eigenvalue weighted by atomic mass is 16.5. The van der Waals surface area contributed by atoms with E-state index in [0.29, 0.717) is 11.7 Å². The molecule has 0 heterocycles. The molecule has 2 atom stereocenters. The second-order valence-electron chi connectivity index (χ2n) is 5.49. The number of para-hydroxylation sites is 1. The Morgan fingerprint density at radius 1 is 1.05 bits per heavy atom. The van der Waals surface area contributed by atoms with Gasteiger partial charge in [0, 0.05) is 5.69 Å². The minimum absolute atomic E-state index is 0.153. The van der Waals surface area contributed by atoms with Crippen LogP contribution in [0.1, 0.15) is 38.7 Å². The quantitative estimate of drug-likeness (QED) is 0.845. The monoisotopic (exact) mass is 297 g/mol. The van der Waals surface area contributed by atoms with Crippen LogP contribution in [-0.2, 0) is 4.79 Å². The summed E-state index contributed by atoms with van der Waals surface area (Å²) in [7, 11) is 0. The predicted molar refractivity (Wildman–Crippen MR) is 90.3 cm³/mol. The molecule has 0 aromatic heterocycles. The number of ether oxygens (including phenoxy) is 1. The number of anilines is 1. The number of rotatable bonds is 6. The van der Waals surface area contributed by atoms with Gasteiger partial charge in [-0.25, -0.2) is 0 Å². The molecule has 116 valence electrons. The van der Waals surface area contributed by atoms with E-state index >= 15 is 0 Å². The average molecular weight is 297 g/mol. The topological polar surface area (TPSA) is 38.3 Å². The zero-order chi connectivity index (χ0) is 15.9. The molecule has 1 amide bonds. The highest BCUT2D eigenvalue weighted by Gasteiger charge is 2.14. The van der Waals surface area contributed by atoms with Crippen LogP contribution in [0.5, 0.6) is 5.75 Å². The van der Waals surface area contributed by atoms with Gasteiger partial charge in [0.05, 0.1) is 0 Å². The molecule has 0 aliphatic rings. The molecule has 2 aromatic carbocycles. The molecule has 2 aromatic rings. The normalized spacial score (nSPS) is 13.2. The molecule has 2 rings (SSSR count). The van der Waals surface area contributed by atoms with Gasteiger partial charge in [0.1, 0.15) is 5.75 Å². The highest BCUT2D eigenvalue weighted by Crippen LogP contribution is 2.20. The largest absolute Gasteiger partial charge is 0.481 e. The van der Waals surface area contributed by atoms with E-state index in [1.807, 2.05) is 42.5 Å². The van der Waals surface area contributed by atoms with E-state index in [2.05, 4.69) is 31.3 Å². The van der Waals surface area contributed by atoms with Crippen LogP contribution in [-0.4, -0.2) is 12.0 Å². The van der Waals surface area contributed by atoms with Gasteiger partial charge in [-0.2, -0.15) is 0 Å². The Hall–Kier alpha value is -2.29. The summed E-state index contributed by atoms with van der Waals surface area (Å²) in [6, 6.07) is 17.4. The number of carbonyl (C=O) groups is 1. The number of carbonyl (C=O) groups excluding carboxylic acids is 1. The van der Waals surface area contributed by atoms with Crippen LogP contribution >= 0.6 is 0 Å². The van der Waals surface area contributed by atoms with E-state index in [4.69, 9.17) is 4.74 Å². The van der Waals surface area contributed by atoms with E-state index < -0.39 is 6.10 Å². The third kappa shape index (κ3) is 4.35. The molecule has 22 heavy (non-hydrogen) atoms. The minimum atomic E-state index is -0.545. The number of hydrogen-bond acceptors (Lipinski definition) is 2. The third-order valence-corrected chi connectivity index (χ3v) is 3.78.